The molecule has 0 unspecified atom stereocenters. The molecule has 6 heteroatoms. The van der Waals surface area contributed by atoms with Gasteiger partial charge in [0.25, 0.3) is 0 Å². The van der Waals surface area contributed by atoms with Crippen LogP contribution in [0.2, 0.25) is 0 Å². The van der Waals surface area contributed by atoms with Crippen LogP contribution in [0.1, 0.15) is 16.7 Å². The Morgan fingerprint density at radius 1 is 0.781 bits per heavy atom. The monoisotopic (exact) mass is 540 g/mol. The second-order valence-corrected chi connectivity index (χ2v) is 9.26. The van der Waals surface area contributed by atoms with Crippen LogP contribution in [0.15, 0.2) is 75.8 Å². The zero-order valence-electron chi connectivity index (χ0n) is 16.9. The smallest absolute Gasteiger partial charge is 0.140 e. The fraction of sp³-hybridized carbons (Fsp3) is 0.0385. The normalized spacial score (nSPS) is 10.9. The van der Waals surface area contributed by atoms with Crippen LogP contribution >= 0.6 is 31.9 Å². The van der Waals surface area contributed by atoms with Crippen LogP contribution in [0.5, 0.6) is 0 Å². The Morgan fingerprint density at radius 2 is 1.34 bits per heavy atom. The summed E-state index contributed by atoms with van der Waals surface area (Å²) < 4.78 is 3.93. The van der Waals surface area contributed by atoms with Gasteiger partial charge in [0.2, 0.25) is 0 Å². The third kappa shape index (κ3) is 3.12. The number of nitriles is 2. The second kappa shape index (κ2) is 7.91. The number of aromatic nitrogens is 2. The molecule has 2 heterocycles. The van der Waals surface area contributed by atoms with E-state index in [1.165, 1.54) is 0 Å². The number of aryl methyl sites for hydroxylation is 1. The minimum Gasteiger partial charge on any atom is -0.299 e. The van der Waals surface area contributed by atoms with Crippen molar-refractivity contribution in [1.29, 1.82) is 10.5 Å². The number of benzene rings is 3. The van der Waals surface area contributed by atoms with Crippen LogP contribution in [0.4, 0.5) is 0 Å². The van der Waals surface area contributed by atoms with Gasteiger partial charge >= 0.3 is 0 Å². The molecule has 0 amide bonds. The Bertz CT molecular complexity index is 1600. The lowest BCUT2D eigenvalue weighted by molar-refractivity contribution is 1.20. The largest absolute Gasteiger partial charge is 0.299 e. The van der Waals surface area contributed by atoms with Gasteiger partial charge in [-0.15, -0.1) is 0 Å². The second-order valence-electron chi connectivity index (χ2n) is 7.43. The number of fused-ring (bicyclic) bond motifs is 3. The minimum atomic E-state index is 0.296. The van der Waals surface area contributed by atoms with Gasteiger partial charge in [-0.1, -0.05) is 62.2 Å². The Balaban J connectivity index is 2.09. The van der Waals surface area contributed by atoms with E-state index in [1.807, 2.05) is 78.2 Å². The molecule has 0 aliphatic heterocycles. The van der Waals surface area contributed by atoms with E-state index in [0.29, 0.717) is 16.6 Å². The van der Waals surface area contributed by atoms with Crippen molar-refractivity contribution in [3.05, 3.63) is 92.5 Å². The fourth-order valence-corrected chi connectivity index (χ4v) is 4.66. The molecule has 0 bridgehead atoms. The summed E-state index contributed by atoms with van der Waals surface area (Å²) in [6, 6.07) is 24.3. The summed E-state index contributed by atoms with van der Waals surface area (Å²) in [6.45, 7) is 1.99. The van der Waals surface area contributed by atoms with Gasteiger partial charge in [-0.25, -0.2) is 4.98 Å². The van der Waals surface area contributed by atoms with Crippen molar-refractivity contribution in [2.75, 3.05) is 0 Å². The number of hydrogen-bond acceptors (Lipinski definition) is 3. The first-order valence-electron chi connectivity index (χ1n) is 9.83. The summed E-state index contributed by atoms with van der Waals surface area (Å²) in [6.07, 6.45) is 1.96. The van der Waals surface area contributed by atoms with Crippen molar-refractivity contribution in [2.45, 2.75) is 6.92 Å². The molecule has 3 aromatic carbocycles. The molecule has 5 aromatic rings. The summed E-state index contributed by atoms with van der Waals surface area (Å²) in [5.74, 6) is 0. The highest BCUT2D eigenvalue weighted by molar-refractivity contribution is 9.10. The molecule has 0 saturated heterocycles. The highest BCUT2D eigenvalue weighted by Crippen LogP contribution is 2.43. The van der Waals surface area contributed by atoms with Crippen molar-refractivity contribution < 1.29 is 0 Å². The van der Waals surface area contributed by atoms with Gasteiger partial charge in [0.15, 0.2) is 0 Å². The molecule has 0 saturated carbocycles. The molecule has 2 aromatic heterocycles. The maximum atomic E-state index is 10.2. The number of hydrogen-bond donors (Lipinski definition) is 0. The van der Waals surface area contributed by atoms with E-state index >= 15 is 0 Å². The molecule has 0 aliphatic rings. The molecule has 0 atom stereocenters. The van der Waals surface area contributed by atoms with Crippen LogP contribution in [0.3, 0.4) is 0 Å². The molecule has 0 aliphatic carbocycles. The molecule has 152 valence electrons. The van der Waals surface area contributed by atoms with E-state index in [1.54, 1.807) is 0 Å². The van der Waals surface area contributed by atoms with Crippen LogP contribution in [-0.2, 0) is 0 Å². The molecule has 0 N–H and O–H groups in total. The van der Waals surface area contributed by atoms with E-state index in [4.69, 9.17) is 4.98 Å². The van der Waals surface area contributed by atoms with E-state index in [-0.39, 0.29) is 0 Å². The van der Waals surface area contributed by atoms with Gasteiger partial charge < -0.3 is 0 Å². The van der Waals surface area contributed by atoms with E-state index < -0.39 is 0 Å². The van der Waals surface area contributed by atoms with Crippen LogP contribution in [0.25, 0.3) is 38.9 Å². The predicted molar refractivity (Wildman–Crippen MR) is 133 cm³/mol. The quantitative estimate of drug-likeness (QED) is 0.234. The third-order valence-electron chi connectivity index (χ3n) is 5.56. The molecule has 5 rings (SSSR count). The lowest BCUT2D eigenvalue weighted by Gasteiger charge is -2.16. The molecule has 32 heavy (non-hydrogen) atoms. The van der Waals surface area contributed by atoms with Gasteiger partial charge in [-0.2, -0.15) is 10.5 Å². The van der Waals surface area contributed by atoms with Crippen LogP contribution in [-0.4, -0.2) is 9.38 Å². The Morgan fingerprint density at radius 3 is 1.91 bits per heavy atom. The van der Waals surface area contributed by atoms with E-state index in [0.717, 1.165) is 47.9 Å². The lowest BCUT2D eigenvalue weighted by Crippen LogP contribution is -1.98. The summed E-state index contributed by atoms with van der Waals surface area (Å²) in [5.41, 5.74) is 7.18. The van der Waals surface area contributed by atoms with Crippen LogP contribution in [0, 0.1) is 29.6 Å². The van der Waals surface area contributed by atoms with E-state index in [9.17, 15) is 10.5 Å². The van der Waals surface area contributed by atoms with Gasteiger partial charge in [-0.3, -0.25) is 4.40 Å². The maximum Gasteiger partial charge on any atom is 0.140 e. The molecule has 0 spiro atoms. The summed E-state index contributed by atoms with van der Waals surface area (Å²) in [5, 5.41) is 20.3. The van der Waals surface area contributed by atoms with Crippen molar-refractivity contribution in [3.63, 3.8) is 0 Å². The van der Waals surface area contributed by atoms with Crippen molar-refractivity contribution in [2.24, 2.45) is 0 Å². The summed E-state index contributed by atoms with van der Waals surface area (Å²) in [7, 11) is 0. The highest BCUT2D eigenvalue weighted by atomic mass is 79.9. The Hall–Kier alpha value is -3.45. The highest BCUT2D eigenvalue weighted by Gasteiger charge is 2.25. The average molecular weight is 542 g/mol. The van der Waals surface area contributed by atoms with Crippen LogP contribution < -0.4 is 0 Å². The first-order chi connectivity index (χ1) is 15.5. The first kappa shape index (κ1) is 20.5. The van der Waals surface area contributed by atoms with Gasteiger partial charge in [0.05, 0.1) is 16.6 Å². The molecule has 0 fully saturated rings. The summed E-state index contributed by atoms with van der Waals surface area (Å²) >= 11 is 7.00. The standard InChI is InChI=1S/C26H14Br2N4/c1-15-3-2-12-32-25-23(17-6-10-19(28)11-7-17)22(16-4-8-18(27)9-5-16)20(13-29)21(14-30)24(25)31-26(15)32/h2-12H,1H3. The number of rotatable bonds is 2. The molecule has 4 nitrogen and oxygen atoms in total. The molecular weight excluding hydrogens is 528 g/mol. The van der Waals surface area contributed by atoms with Gasteiger partial charge in [0, 0.05) is 26.3 Å². The predicted octanol–water partition coefficient (Wildman–Crippen LogP) is 7.40. The number of halogens is 2. The zero-order chi connectivity index (χ0) is 22.4. The average Bonchev–Trinajstić information content (AvgIpc) is 3.19. The number of imidazole rings is 1. The number of pyridine rings is 1. The number of nitrogens with zero attached hydrogens (tertiary/aromatic N) is 4. The minimum absolute atomic E-state index is 0.296. The van der Waals surface area contributed by atoms with Crippen molar-refractivity contribution >= 4 is 48.5 Å². The SMILES string of the molecule is Cc1cccn2c1nc1c(C#N)c(C#N)c(-c3ccc(Br)cc3)c(-c3ccc(Br)cc3)c12. The third-order valence-corrected chi connectivity index (χ3v) is 6.62. The van der Waals surface area contributed by atoms with Gasteiger partial charge in [-0.05, 0) is 53.9 Å². The fourth-order valence-electron chi connectivity index (χ4n) is 4.13. The van der Waals surface area contributed by atoms with Crippen molar-refractivity contribution in [3.8, 4) is 34.4 Å². The Labute approximate surface area is 201 Å². The zero-order valence-corrected chi connectivity index (χ0v) is 20.1. The Kier molecular flexibility index (Phi) is 5.06. The summed E-state index contributed by atoms with van der Waals surface area (Å²) in [4.78, 5) is 4.82. The first-order valence-corrected chi connectivity index (χ1v) is 11.4. The topological polar surface area (TPSA) is 64.9 Å². The molecule has 0 radical (unpaired) electrons. The lowest BCUT2D eigenvalue weighted by atomic mass is 9.87. The maximum absolute atomic E-state index is 10.2. The van der Waals surface area contributed by atoms with Crippen molar-refractivity contribution in [1.82, 2.24) is 9.38 Å². The van der Waals surface area contributed by atoms with E-state index in [2.05, 4.69) is 44.0 Å². The van der Waals surface area contributed by atoms with Gasteiger partial charge in [0.1, 0.15) is 23.3 Å². The molecular formula is C26H14Br2N4.